The first-order chi connectivity index (χ1) is 9.67. The minimum Gasteiger partial charge on any atom is -0.323 e. The molecule has 2 aliphatic rings. The molecular formula is C15H28N2O2S. The van der Waals surface area contributed by atoms with Crippen molar-refractivity contribution in [2.24, 2.45) is 0 Å². The number of amides is 1. The van der Waals surface area contributed by atoms with Gasteiger partial charge in [0.2, 0.25) is 5.91 Å². The van der Waals surface area contributed by atoms with Crippen LogP contribution in [0.3, 0.4) is 0 Å². The maximum Gasteiger partial charge on any atom is 0.241 e. The zero-order valence-corrected chi connectivity index (χ0v) is 13.6. The largest absolute Gasteiger partial charge is 0.323 e. The molecule has 2 unspecified atom stereocenters. The van der Waals surface area contributed by atoms with E-state index in [1.54, 1.807) is 0 Å². The third-order valence-electron chi connectivity index (χ3n) is 4.44. The van der Waals surface area contributed by atoms with Crippen LogP contribution >= 0.6 is 0 Å². The van der Waals surface area contributed by atoms with E-state index in [0.29, 0.717) is 6.04 Å². The molecule has 0 aromatic carbocycles. The van der Waals surface area contributed by atoms with Gasteiger partial charge in [-0.05, 0) is 25.7 Å². The van der Waals surface area contributed by atoms with E-state index in [0.717, 1.165) is 56.5 Å². The fraction of sp³-hybridized carbons (Fsp3) is 0.933. The van der Waals surface area contributed by atoms with Gasteiger partial charge in [-0.25, -0.2) is 0 Å². The molecule has 20 heavy (non-hydrogen) atoms. The van der Waals surface area contributed by atoms with Gasteiger partial charge in [-0.2, -0.15) is 0 Å². The molecule has 0 spiro atoms. The number of rotatable bonds is 6. The Bertz CT molecular complexity index is 352. The summed E-state index contributed by atoms with van der Waals surface area (Å²) in [7, 11) is -0.659. The fourth-order valence-electron chi connectivity index (χ4n) is 3.32. The lowest BCUT2D eigenvalue weighted by atomic mass is 10.1. The van der Waals surface area contributed by atoms with E-state index >= 15 is 0 Å². The number of carbonyl (C=O) groups is 1. The molecule has 4 nitrogen and oxygen atoms in total. The summed E-state index contributed by atoms with van der Waals surface area (Å²) in [5.41, 5.74) is 0. The van der Waals surface area contributed by atoms with E-state index in [1.165, 1.54) is 0 Å². The zero-order valence-electron chi connectivity index (χ0n) is 12.8. The molecule has 0 aromatic rings. The smallest absolute Gasteiger partial charge is 0.241 e. The third-order valence-corrected chi connectivity index (χ3v) is 5.82. The van der Waals surface area contributed by atoms with Crippen molar-refractivity contribution in [1.29, 1.82) is 0 Å². The number of unbranched alkanes of at least 4 members (excludes halogenated alkanes) is 1. The van der Waals surface area contributed by atoms with E-state index < -0.39 is 10.8 Å². The standard InChI is InChI=1S/C15H28N2O2S/c1-3-5-7-13-15(18)17(14(16-13)6-4-2)12-8-10-20(19)11-9-12/h12-14,16H,3-11H2,1-2H3. The Morgan fingerprint density at radius 2 is 1.90 bits per heavy atom. The zero-order chi connectivity index (χ0) is 14.5. The Hall–Kier alpha value is -0.420. The highest BCUT2D eigenvalue weighted by Gasteiger charge is 2.42. The van der Waals surface area contributed by atoms with Gasteiger partial charge in [-0.3, -0.25) is 14.3 Å². The molecule has 2 fully saturated rings. The molecular weight excluding hydrogens is 272 g/mol. The van der Waals surface area contributed by atoms with Gasteiger partial charge in [-0.15, -0.1) is 0 Å². The molecule has 1 N–H and O–H groups in total. The summed E-state index contributed by atoms with van der Waals surface area (Å²) in [4.78, 5) is 14.8. The molecule has 2 aliphatic heterocycles. The van der Waals surface area contributed by atoms with Gasteiger partial charge in [-0.1, -0.05) is 33.1 Å². The molecule has 0 radical (unpaired) electrons. The second-order valence-corrected chi connectivity index (χ2v) is 7.69. The van der Waals surface area contributed by atoms with Crippen molar-refractivity contribution in [2.45, 2.75) is 77.0 Å². The van der Waals surface area contributed by atoms with Crippen LogP contribution in [0.4, 0.5) is 0 Å². The molecule has 0 aliphatic carbocycles. The van der Waals surface area contributed by atoms with Crippen molar-refractivity contribution in [2.75, 3.05) is 11.5 Å². The molecule has 1 amide bonds. The predicted molar refractivity (Wildman–Crippen MR) is 82.9 cm³/mol. The molecule has 116 valence electrons. The summed E-state index contributed by atoms with van der Waals surface area (Å²) in [6.07, 6.45) is 7.29. The Morgan fingerprint density at radius 3 is 2.50 bits per heavy atom. The van der Waals surface area contributed by atoms with Gasteiger partial charge in [0.1, 0.15) is 0 Å². The Morgan fingerprint density at radius 1 is 1.20 bits per heavy atom. The summed E-state index contributed by atoms with van der Waals surface area (Å²) < 4.78 is 11.5. The average molecular weight is 300 g/mol. The average Bonchev–Trinajstić information content (AvgIpc) is 2.74. The van der Waals surface area contributed by atoms with Gasteiger partial charge in [0.15, 0.2) is 0 Å². The lowest BCUT2D eigenvalue weighted by molar-refractivity contribution is -0.132. The summed E-state index contributed by atoms with van der Waals surface area (Å²) in [6, 6.07) is 0.315. The van der Waals surface area contributed by atoms with Gasteiger partial charge >= 0.3 is 0 Å². The van der Waals surface area contributed by atoms with Gasteiger partial charge in [0, 0.05) is 28.3 Å². The van der Waals surface area contributed by atoms with Gasteiger partial charge < -0.3 is 4.90 Å². The lowest BCUT2D eigenvalue weighted by Gasteiger charge is -2.35. The van der Waals surface area contributed by atoms with Crippen LogP contribution in [0.5, 0.6) is 0 Å². The fourth-order valence-corrected chi connectivity index (χ4v) is 4.60. The molecule has 2 rings (SSSR count). The molecule has 2 saturated heterocycles. The Balaban J connectivity index is 2.02. The van der Waals surface area contributed by atoms with E-state index in [1.807, 2.05) is 0 Å². The number of nitrogens with zero attached hydrogens (tertiary/aromatic N) is 1. The van der Waals surface area contributed by atoms with Crippen molar-refractivity contribution >= 4 is 16.7 Å². The second-order valence-electron chi connectivity index (χ2n) is 5.99. The van der Waals surface area contributed by atoms with Crippen LogP contribution in [0.25, 0.3) is 0 Å². The maximum absolute atomic E-state index is 12.7. The first kappa shape index (κ1) is 16.0. The van der Waals surface area contributed by atoms with Crippen molar-refractivity contribution < 1.29 is 9.00 Å². The van der Waals surface area contributed by atoms with Crippen molar-refractivity contribution in [3.63, 3.8) is 0 Å². The lowest BCUT2D eigenvalue weighted by Crippen LogP contribution is -2.47. The number of nitrogens with one attached hydrogen (secondary N) is 1. The molecule has 0 saturated carbocycles. The first-order valence-electron chi connectivity index (χ1n) is 8.10. The number of hydrogen-bond donors (Lipinski definition) is 1. The summed E-state index contributed by atoms with van der Waals surface area (Å²) in [6.45, 7) is 4.33. The van der Waals surface area contributed by atoms with Crippen LogP contribution < -0.4 is 5.32 Å². The van der Waals surface area contributed by atoms with Crippen LogP contribution in [-0.4, -0.2) is 44.8 Å². The van der Waals surface area contributed by atoms with Crippen LogP contribution in [0.2, 0.25) is 0 Å². The summed E-state index contributed by atoms with van der Waals surface area (Å²) in [5, 5.41) is 3.54. The van der Waals surface area contributed by atoms with Gasteiger partial charge in [0.05, 0.1) is 12.2 Å². The minimum atomic E-state index is -0.659. The van der Waals surface area contributed by atoms with Crippen molar-refractivity contribution in [1.82, 2.24) is 10.2 Å². The predicted octanol–water partition coefficient (Wildman–Crippen LogP) is 2.01. The Kier molecular flexibility index (Phi) is 6.02. The van der Waals surface area contributed by atoms with Crippen LogP contribution in [0, 0.1) is 0 Å². The van der Waals surface area contributed by atoms with Crippen molar-refractivity contribution in [3.05, 3.63) is 0 Å². The molecule has 5 heteroatoms. The van der Waals surface area contributed by atoms with Crippen LogP contribution in [0.15, 0.2) is 0 Å². The van der Waals surface area contributed by atoms with E-state index in [-0.39, 0.29) is 18.1 Å². The molecule has 0 aromatic heterocycles. The van der Waals surface area contributed by atoms with E-state index in [9.17, 15) is 9.00 Å². The van der Waals surface area contributed by atoms with E-state index in [4.69, 9.17) is 0 Å². The number of hydrogen-bond acceptors (Lipinski definition) is 3. The topological polar surface area (TPSA) is 49.4 Å². The minimum absolute atomic E-state index is 0.0129. The molecule has 0 bridgehead atoms. The summed E-state index contributed by atoms with van der Waals surface area (Å²) >= 11 is 0. The number of carbonyl (C=O) groups excluding carboxylic acids is 1. The highest BCUT2D eigenvalue weighted by atomic mass is 32.2. The normalized spacial score (nSPS) is 34.7. The highest BCUT2D eigenvalue weighted by Crippen LogP contribution is 2.26. The van der Waals surface area contributed by atoms with Gasteiger partial charge in [0.25, 0.3) is 0 Å². The quantitative estimate of drug-likeness (QED) is 0.816. The third kappa shape index (κ3) is 3.61. The Labute approximate surface area is 125 Å². The molecule has 2 heterocycles. The van der Waals surface area contributed by atoms with Crippen LogP contribution in [-0.2, 0) is 15.6 Å². The van der Waals surface area contributed by atoms with E-state index in [2.05, 4.69) is 24.1 Å². The summed E-state index contributed by atoms with van der Waals surface area (Å²) in [5.74, 6) is 1.80. The monoisotopic (exact) mass is 300 g/mol. The van der Waals surface area contributed by atoms with Crippen LogP contribution in [0.1, 0.15) is 58.8 Å². The molecule has 2 atom stereocenters. The first-order valence-corrected chi connectivity index (χ1v) is 9.59. The second kappa shape index (κ2) is 7.55. The van der Waals surface area contributed by atoms with Crippen molar-refractivity contribution in [3.8, 4) is 0 Å². The maximum atomic E-state index is 12.7. The SMILES string of the molecule is CCCCC1NC(CCC)N(C2CCS(=O)CC2)C1=O. The highest BCUT2D eigenvalue weighted by molar-refractivity contribution is 7.85.